The van der Waals surface area contributed by atoms with Gasteiger partial charge in [0, 0.05) is 43.1 Å². The fourth-order valence-electron chi connectivity index (χ4n) is 4.01. The number of pyridine rings is 1. The van der Waals surface area contributed by atoms with Gasteiger partial charge in [-0.05, 0) is 66.1 Å². The van der Waals surface area contributed by atoms with E-state index in [1.807, 2.05) is 30.2 Å². The molecule has 1 saturated heterocycles. The van der Waals surface area contributed by atoms with Crippen molar-refractivity contribution in [3.05, 3.63) is 66.5 Å². The lowest BCUT2D eigenvalue weighted by Gasteiger charge is -2.29. The molecular formula is C24H25N5O. The second-order valence-electron chi connectivity index (χ2n) is 7.75. The van der Waals surface area contributed by atoms with Crippen LogP contribution in [0.15, 0.2) is 60.9 Å². The van der Waals surface area contributed by atoms with Crippen LogP contribution in [0.2, 0.25) is 0 Å². The summed E-state index contributed by atoms with van der Waals surface area (Å²) in [6.45, 7) is 5.53. The molecule has 3 heterocycles. The summed E-state index contributed by atoms with van der Waals surface area (Å²) in [5.74, 6) is 0.831. The summed E-state index contributed by atoms with van der Waals surface area (Å²) in [6.07, 6.45) is 3.75. The van der Waals surface area contributed by atoms with Gasteiger partial charge in [0.05, 0.1) is 24.9 Å². The molecule has 5 rings (SSSR count). The summed E-state index contributed by atoms with van der Waals surface area (Å²) in [7, 11) is 1.96. The van der Waals surface area contributed by atoms with Crippen molar-refractivity contribution in [2.24, 2.45) is 7.05 Å². The highest BCUT2D eigenvalue weighted by atomic mass is 16.5. The van der Waals surface area contributed by atoms with E-state index in [0.29, 0.717) is 0 Å². The smallest absolute Gasteiger partial charge is 0.130 e. The quantitative estimate of drug-likeness (QED) is 0.547. The van der Waals surface area contributed by atoms with Gasteiger partial charge < -0.3 is 15.0 Å². The van der Waals surface area contributed by atoms with Crippen LogP contribution in [0.1, 0.15) is 5.56 Å². The SMILES string of the molecule is Cc1cc(Nc2cc(-c3ccc4c(cnn4C)c3)ccn2)cc(N2CCOCC2)c1. The third-order valence-electron chi connectivity index (χ3n) is 5.55. The van der Waals surface area contributed by atoms with E-state index in [9.17, 15) is 0 Å². The monoisotopic (exact) mass is 399 g/mol. The van der Waals surface area contributed by atoms with Crippen LogP contribution in [0.3, 0.4) is 0 Å². The number of hydrogen-bond acceptors (Lipinski definition) is 5. The summed E-state index contributed by atoms with van der Waals surface area (Å²) in [5, 5.41) is 8.96. The van der Waals surface area contributed by atoms with Crippen molar-refractivity contribution >= 4 is 28.1 Å². The van der Waals surface area contributed by atoms with Gasteiger partial charge in [0.1, 0.15) is 5.82 Å². The molecule has 6 nitrogen and oxygen atoms in total. The predicted molar refractivity (Wildman–Crippen MR) is 121 cm³/mol. The number of ether oxygens (including phenoxy) is 1. The van der Waals surface area contributed by atoms with Crippen LogP contribution in [0.5, 0.6) is 0 Å². The van der Waals surface area contributed by atoms with Crippen molar-refractivity contribution in [1.29, 1.82) is 0 Å². The Hall–Kier alpha value is -3.38. The fraction of sp³-hybridized carbons (Fsp3) is 0.250. The lowest BCUT2D eigenvalue weighted by atomic mass is 10.1. The minimum Gasteiger partial charge on any atom is -0.378 e. The van der Waals surface area contributed by atoms with Gasteiger partial charge in [-0.3, -0.25) is 4.68 Å². The number of anilines is 3. The maximum Gasteiger partial charge on any atom is 0.130 e. The zero-order chi connectivity index (χ0) is 20.5. The molecule has 0 bridgehead atoms. The Balaban J connectivity index is 1.42. The molecule has 1 N–H and O–H groups in total. The van der Waals surface area contributed by atoms with Crippen molar-refractivity contribution in [2.45, 2.75) is 6.92 Å². The second kappa shape index (κ2) is 7.80. The highest BCUT2D eigenvalue weighted by Gasteiger charge is 2.12. The molecule has 0 aliphatic carbocycles. The average molecular weight is 399 g/mol. The van der Waals surface area contributed by atoms with Gasteiger partial charge >= 0.3 is 0 Å². The zero-order valence-corrected chi connectivity index (χ0v) is 17.3. The van der Waals surface area contributed by atoms with Crippen molar-refractivity contribution < 1.29 is 4.74 Å². The molecular weight excluding hydrogens is 374 g/mol. The lowest BCUT2D eigenvalue weighted by molar-refractivity contribution is 0.122. The van der Waals surface area contributed by atoms with Crippen molar-refractivity contribution in [1.82, 2.24) is 14.8 Å². The highest BCUT2D eigenvalue weighted by Crippen LogP contribution is 2.28. The van der Waals surface area contributed by atoms with Gasteiger partial charge in [-0.2, -0.15) is 5.10 Å². The zero-order valence-electron chi connectivity index (χ0n) is 17.3. The predicted octanol–water partition coefficient (Wildman–Crippen LogP) is 4.52. The number of benzene rings is 2. The summed E-state index contributed by atoms with van der Waals surface area (Å²) in [6, 6.07) is 17.1. The van der Waals surface area contributed by atoms with Crippen LogP contribution in [-0.4, -0.2) is 41.1 Å². The minimum absolute atomic E-state index is 0.779. The van der Waals surface area contributed by atoms with Gasteiger partial charge in [-0.1, -0.05) is 6.07 Å². The van der Waals surface area contributed by atoms with Crippen LogP contribution in [0.25, 0.3) is 22.0 Å². The standard InChI is InChI=1S/C24H25N5O/c1-17-11-21(15-22(12-17)29-7-9-30-10-8-29)27-24-14-19(5-6-25-24)18-3-4-23-20(13-18)16-26-28(23)2/h3-6,11-16H,7-10H2,1-2H3,(H,25,27). The van der Waals surface area contributed by atoms with Gasteiger partial charge in [0.2, 0.25) is 0 Å². The number of fused-ring (bicyclic) bond motifs is 1. The lowest BCUT2D eigenvalue weighted by Crippen LogP contribution is -2.36. The Morgan fingerprint density at radius 3 is 2.67 bits per heavy atom. The molecule has 2 aromatic heterocycles. The number of rotatable bonds is 4. The Bertz CT molecular complexity index is 1190. The van der Waals surface area contributed by atoms with Crippen LogP contribution >= 0.6 is 0 Å². The molecule has 30 heavy (non-hydrogen) atoms. The molecule has 1 fully saturated rings. The average Bonchev–Trinajstić information content (AvgIpc) is 3.14. The molecule has 0 amide bonds. The van der Waals surface area contributed by atoms with Crippen LogP contribution in [-0.2, 0) is 11.8 Å². The first-order valence-corrected chi connectivity index (χ1v) is 10.3. The molecule has 0 atom stereocenters. The number of aromatic nitrogens is 3. The largest absolute Gasteiger partial charge is 0.378 e. The summed E-state index contributed by atoms with van der Waals surface area (Å²) < 4.78 is 7.38. The van der Waals surface area contributed by atoms with E-state index in [4.69, 9.17) is 4.74 Å². The highest BCUT2D eigenvalue weighted by molar-refractivity contribution is 5.85. The van der Waals surface area contributed by atoms with Crippen molar-refractivity contribution in [2.75, 3.05) is 36.5 Å². The first-order valence-electron chi connectivity index (χ1n) is 10.3. The van der Waals surface area contributed by atoms with Crippen molar-refractivity contribution in [3.63, 3.8) is 0 Å². The maximum atomic E-state index is 5.49. The topological polar surface area (TPSA) is 55.2 Å². The van der Waals surface area contributed by atoms with Crippen LogP contribution in [0.4, 0.5) is 17.2 Å². The first-order chi connectivity index (χ1) is 14.7. The van der Waals surface area contributed by atoms with Crippen LogP contribution in [0, 0.1) is 6.92 Å². The minimum atomic E-state index is 0.779. The van der Waals surface area contributed by atoms with E-state index in [1.165, 1.54) is 11.3 Å². The van der Waals surface area contributed by atoms with E-state index in [2.05, 4.69) is 69.7 Å². The fourth-order valence-corrected chi connectivity index (χ4v) is 4.01. The van der Waals surface area contributed by atoms with E-state index in [1.54, 1.807) is 0 Å². The number of morpholine rings is 1. The second-order valence-corrected chi connectivity index (χ2v) is 7.75. The number of hydrogen-bond donors (Lipinski definition) is 1. The normalized spacial score (nSPS) is 14.3. The molecule has 1 aliphatic heterocycles. The van der Waals surface area contributed by atoms with E-state index in [-0.39, 0.29) is 0 Å². The number of nitrogens with zero attached hydrogens (tertiary/aromatic N) is 4. The van der Waals surface area contributed by atoms with Crippen LogP contribution < -0.4 is 10.2 Å². The van der Waals surface area contributed by atoms with Gasteiger partial charge in [0.25, 0.3) is 0 Å². The Morgan fingerprint density at radius 1 is 0.967 bits per heavy atom. The first kappa shape index (κ1) is 18.6. The third-order valence-corrected chi connectivity index (χ3v) is 5.55. The molecule has 1 aliphatic rings. The molecule has 6 heteroatoms. The molecule has 0 radical (unpaired) electrons. The molecule has 152 valence electrons. The van der Waals surface area contributed by atoms with Gasteiger partial charge in [-0.25, -0.2) is 4.98 Å². The third kappa shape index (κ3) is 3.74. The van der Waals surface area contributed by atoms with E-state index < -0.39 is 0 Å². The molecule has 4 aromatic rings. The number of aryl methyl sites for hydroxylation is 2. The number of nitrogens with one attached hydrogen (secondary N) is 1. The summed E-state index contributed by atoms with van der Waals surface area (Å²) in [4.78, 5) is 6.91. The van der Waals surface area contributed by atoms with Gasteiger partial charge in [0.15, 0.2) is 0 Å². The molecule has 2 aromatic carbocycles. The maximum absolute atomic E-state index is 5.49. The Morgan fingerprint density at radius 2 is 1.80 bits per heavy atom. The Labute approximate surface area is 176 Å². The summed E-state index contributed by atoms with van der Waals surface area (Å²) >= 11 is 0. The molecule has 0 spiro atoms. The van der Waals surface area contributed by atoms with Crippen molar-refractivity contribution in [3.8, 4) is 11.1 Å². The molecule has 0 unspecified atom stereocenters. The van der Waals surface area contributed by atoms with Gasteiger partial charge in [-0.15, -0.1) is 0 Å². The summed E-state index contributed by atoms with van der Waals surface area (Å²) in [5.41, 5.74) is 6.89. The van der Waals surface area contributed by atoms with E-state index >= 15 is 0 Å². The Kier molecular flexibility index (Phi) is 4.85. The van der Waals surface area contributed by atoms with E-state index in [0.717, 1.165) is 59.8 Å². The molecule has 0 saturated carbocycles.